The van der Waals surface area contributed by atoms with Crippen molar-refractivity contribution in [2.45, 2.75) is 0 Å². The Morgan fingerprint density at radius 1 is 0.400 bits per heavy atom. The second-order valence-electron chi connectivity index (χ2n) is 13.7. The number of aromatic nitrogens is 6. The van der Waals surface area contributed by atoms with E-state index in [1.165, 1.54) is 29.6 Å². The summed E-state index contributed by atoms with van der Waals surface area (Å²) in [6.45, 7) is 0. The maximum atomic E-state index is 5.28. The molecule has 0 saturated carbocycles. The predicted molar refractivity (Wildman–Crippen MR) is 229 cm³/mol. The molecule has 0 aliphatic carbocycles. The molecule has 0 amide bonds. The summed E-state index contributed by atoms with van der Waals surface area (Å²) in [6, 6.07) is 54.9. The quantitative estimate of drug-likeness (QED) is 0.180. The fraction of sp³-hybridized carbons (Fsp3) is 0. The normalized spacial score (nSPS) is 12.0. The van der Waals surface area contributed by atoms with Gasteiger partial charge in [-0.3, -0.25) is 4.40 Å². The molecule has 0 spiro atoms. The van der Waals surface area contributed by atoms with Crippen LogP contribution in [0.2, 0.25) is 0 Å². The second kappa shape index (κ2) is 11.8. The number of benzene rings is 7. The van der Waals surface area contributed by atoms with Crippen molar-refractivity contribution in [3.05, 3.63) is 158 Å². The summed E-state index contributed by atoms with van der Waals surface area (Å²) in [5, 5.41) is 5.78. The van der Waals surface area contributed by atoms with E-state index in [0.29, 0.717) is 17.5 Å². The first-order valence-electron chi connectivity index (χ1n) is 18.1. The van der Waals surface area contributed by atoms with Crippen LogP contribution in [-0.2, 0) is 0 Å². The van der Waals surface area contributed by atoms with Crippen molar-refractivity contribution in [1.82, 2.24) is 29.3 Å². The number of rotatable bonds is 4. The molecule has 5 heterocycles. The Kier molecular flexibility index (Phi) is 6.57. The van der Waals surface area contributed by atoms with Crippen molar-refractivity contribution in [1.29, 1.82) is 0 Å². The second-order valence-corrected chi connectivity index (χ2v) is 15.8. The molecular weight excluding hydrogens is 713 g/mol. The highest BCUT2D eigenvalue weighted by molar-refractivity contribution is 7.26. The number of hydrogen-bond donors (Lipinski definition) is 0. The maximum absolute atomic E-state index is 5.28. The molecule has 256 valence electrons. The fourth-order valence-corrected chi connectivity index (χ4v) is 10.3. The standard InChI is InChI=1S/C47H26N6S2/c1-2-12-27(13-3-1)43-50-44(52-45(51-43)34-18-10-16-30-29-14-5-9-22-38(29)55-42(30)34)33-17-11-23-39-41(33)32-25-24-28(26-40(32)54-39)46-48-35-19-6-4-15-31(35)47-49-36-20-7-8-21-37(36)53(46)47/h1-26H. The van der Waals surface area contributed by atoms with Crippen molar-refractivity contribution >= 4 is 90.6 Å². The monoisotopic (exact) mass is 738 g/mol. The van der Waals surface area contributed by atoms with Crippen LogP contribution in [0, 0.1) is 0 Å². The molecule has 7 aromatic carbocycles. The summed E-state index contributed by atoms with van der Waals surface area (Å²) in [4.78, 5) is 25.9. The molecule has 6 nitrogen and oxygen atoms in total. The Labute approximate surface area is 321 Å². The molecule has 55 heavy (non-hydrogen) atoms. The average Bonchev–Trinajstić information content (AvgIpc) is 3.95. The third-order valence-electron chi connectivity index (χ3n) is 10.5. The van der Waals surface area contributed by atoms with Crippen LogP contribution in [0.3, 0.4) is 0 Å². The van der Waals surface area contributed by atoms with Gasteiger partial charge in [0.15, 0.2) is 17.5 Å². The van der Waals surface area contributed by atoms with Crippen molar-refractivity contribution in [3.8, 4) is 45.6 Å². The van der Waals surface area contributed by atoms with Gasteiger partial charge >= 0.3 is 0 Å². The topological polar surface area (TPSA) is 68.9 Å². The highest BCUT2D eigenvalue weighted by atomic mass is 32.1. The van der Waals surface area contributed by atoms with Crippen molar-refractivity contribution in [2.24, 2.45) is 0 Å². The van der Waals surface area contributed by atoms with Gasteiger partial charge in [0.1, 0.15) is 11.5 Å². The summed E-state index contributed by atoms with van der Waals surface area (Å²) in [7, 11) is 0. The zero-order chi connectivity index (χ0) is 36.0. The zero-order valence-corrected chi connectivity index (χ0v) is 30.6. The molecule has 0 aliphatic heterocycles. The van der Waals surface area contributed by atoms with Crippen LogP contribution in [0.15, 0.2) is 158 Å². The van der Waals surface area contributed by atoms with Crippen LogP contribution in [0.4, 0.5) is 0 Å². The van der Waals surface area contributed by atoms with Crippen LogP contribution >= 0.6 is 22.7 Å². The van der Waals surface area contributed by atoms with Crippen LogP contribution in [0.25, 0.3) is 113 Å². The Hall–Kier alpha value is -6.87. The van der Waals surface area contributed by atoms with Gasteiger partial charge < -0.3 is 0 Å². The molecule has 0 N–H and O–H groups in total. The molecular formula is C47H26N6S2. The van der Waals surface area contributed by atoms with Crippen LogP contribution in [0.1, 0.15) is 0 Å². The average molecular weight is 739 g/mol. The molecule has 12 rings (SSSR count). The lowest BCUT2D eigenvalue weighted by molar-refractivity contribution is 1.08. The Morgan fingerprint density at radius 2 is 1.09 bits per heavy atom. The summed E-state index contributed by atoms with van der Waals surface area (Å²) >= 11 is 3.56. The van der Waals surface area contributed by atoms with E-state index in [1.54, 1.807) is 22.7 Å². The van der Waals surface area contributed by atoms with E-state index in [9.17, 15) is 0 Å². The lowest BCUT2D eigenvalue weighted by Crippen LogP contribution is -2.00. The summed E-state index contributed by atoms with van der Waals surface area (Å²) in [6.07, 6.45) is 0. The summed E-state index contributed by atoms with van der Waals surface area (Å²) < 4.78 is 6.96. The molecule has 0 atom stereocenters. The van der Waals surface area contributed by atoms with Crippen molar-refractivity contribution < 1.29 is 0 Å². The van der Waals surface area contributed by atoms with E-state index < -0.39 is 0 Å². The van der Waals surface area contributed by atoms with Crippen molar-refractivity contribution in [2.75, 3.05) is 0 Å². The van der Waals surface area contributed by atoms with Crippen molar-refractivity contribution in [3.63, 3.8) is 0 Å². The van der Waals surface area contributed by atoms with Crippen LogP contribution in [-0.4, -0.2) is 29.3 Å². The minimum atomic E-state index is 0.650. The Bertz CT molecular complexity index is 3510. The molecule has 0 aliphatic rings. The van der Waals surface area contributed by atoms with E-state index >= 15 is 0 Å². The minimum absolute atomic E-state index is 0.650. The van der Waals surface area contributed by atoms with Crippen LogP contribution in [0.5, 0.6) is 0 Å². The van der Waals surface area contributed by atoms with Crippen LogP contribution < -0.4 is 0 Å². The first-order chi connectivity index (χ1) is 27.2. The molecule has 0 fully saturated rings. The van der Waals surface area contributed by atoms with E-state index in [1.807, 2.05) is 36.4 Å². The number of hydrogen-bond acceptors (Lipinski definition) is 7. The van der Waals surface area contributed by atoms with Gasteiger partial charge in [0.05, 0.1) is 16.6 Å². The first-order valence-corrected chi connectivity index (χ1v) is 19.7. The van der Waals surface area contributed by atoms with Gasteiger partial charge in [-0.05, 0) is 48.5 Å². The van der Waals surface area contributed by atoms with Gasteiger partial charge in [0.2, 0.25) is 0 Å². The highest BCUT2D eigenvalue weighted by Crippen LogP contribution is 2.43. The molecule has 0 bridgehead atoms. The van der Waals surface area contributed by atoms with E-state index in [0.717, 1.165) is 66.4 Å². The third kappa shape index (κ3) is 4.69. The Morgan fingerprint density at radius 3 is 2.00 bits per heavy atom. The molecule has 8 heteroatoms. The van der Waals surface area contributed by atoms with Gasteiger partial charge in [0, 0.05) is 68.0 Å². The zero-order valence-electron chi connectivity index (χ0n) is 29.0. The van der Waals surface area contributed by atoms with Gasteiger partial charge in [-0.25, -0.2) is 24.9 Å². The third-order valence-corrected chi connectivity index (χ3v) is 12.8. The number of thiophene rings is 2. The molecule has 0 saturated heterocycles. The molecule has 12 aromatic rings. The summed E-state index contributed by atoms with van der Waals surface area (Å²) in [5.74, 6) is 2.83. The fourth-order valence-electron chi connectivity index (χ4n) is 7.95. The molecule has 0 unspecified atom stereocenters. The Balaban J connectivity index is 1.08. The number of fused-ring (bicyclic) bond motifs is 11. The van der Waals surface area contributed by atoms with E-state index in [4.69, 9.17) is 24.9 Å². The lowest BCUT2D eigenvalue weighted by Gasteiger charge is -2.10. The van der Waals surface area contributed by atoms with Gasteiger partial charge in [-0.15, -0.1) is 22.7 Å². The molecule has 0 radical (unpaired) electrons. The summed E-state index contributed by atoms with van der Waals surface area (Å²) in [5.41, 5.74) is 7.78. The largest absolute Gasteiger partial charge is 0.276 e. The SMILES string of the molecule is c1ccc(-c2nc(-c3cccc4c3sc3ccccc34)nc(-c3cccc4sc5cc(-c6nc7ccccc7c7nc8ccccc8n67)ccc5c34)n2)cc1. The van der Waals surface area contributed by atoms with Gasteiger partial charge in [0.25, 0.3) is 0 Å². The lowest BCUT2D eigenvalue weighted by atomic mass is 10.0. The minimum Gasteiger partial charge on any atom is -0.276 e. The maximum Gasteiger partial charge on any atom is 0.165 e. The number of imidazole rings is 1. The number of nitrogens with zero attached hydrogens (tertiary/aromatic N) is 6. The smallest absolute Gasteiger partial charge is 0.165 e. The number of para-hydroxylation sites is 3. The van der Waals surface area contributed by atoms with Gasteiger partial charge in [-0.1, -0.05) is 109 Å². The van der Waals surface area contributed by atoms with E-state index in [-0.39, 0.29) is 0 Å². The predicted octanol–water partition coefficient (Wildman–Crippen LogP) is 12.6. The first kappa shape index (κ1) is 30.6. The van der Waals surface area contributed by atoms with E-state index in [2.05, 4.69) is 126 Å². The van der Waals surface area contributed by atoms with Gasteiger partial charge in [-0.2, -0.15) is 0 Å². The molecule has 5 aromatic heterocycles. The highest BCUT2D eigenvalue weighted by Gasteiger charge is 2.21.